The van der Waals surface area contributed by atoms with E-state index in [0.29, 0.717) is 0 Å². The van der Waals surface area contributed by atoms with E-state index in [1.165, 1.54) is 25.1 Å². The lowest BCUT2D eigenvalue weighted by Gasteiger charge is -2.11. The molecule has 0 spiro atoms. The van der Waals surface area contributed by atoms with Crippen LogP contribution < -0.4 is 0 Å². The van der Waals surface area contributed by atoms with E-state index in [0.717, 1.165) is 4.90 Å². The summed E-state index contributed by atoms with van der Waals surface area (Å²) >= 11 is 0. The molecule has 1 heterocycles. The molecule has 92 valence electrons. The second-order valence-corrected chi connectivity index (χ2v) is 4.00. The summed E-state index contributed by atoms with van der Waals surface area (Å²) in [5.41, 5.74) is 0.151. The van der Waals surface area contributed by atoms with Crippen molar-refractivity contribution in [1.82, 2.24) is 4.90 Å². The normalized spacial score (nSPS) is 13.7. The van der Waals surface area contributed by atoms with Gasteiger partial charge in [-0.05, 0) is 24.2 Å². The van der Waals surface area contributed by atoms with Crippen LogP contribution in [-0.4, -0.2) is 29.0 Å². The number of hydrogen-bond donors (Lipinski definition) is 0. The number of imide groups is 1. The van der Waals surface area contributed by atoms with Crippen molar-refractivity contribution in [3.05, 3.63) is 34.2 Å². The van der Waals surface area contributed by atoms with Crippen LogP contribution in [0, 0.1) is 4.91 Å². The van der Waals surface area contributed by atoms with Crippen molar-refractivity contribution in [1.29, 1.82) is 0 Å². The molecule has 1 aliphatic rings. The number of fused-ring (bicyclic) bond motifs is 1. The van der Waals surface area contributed by atoms with Gasteiger partial charge in [0.25, 0.3) is 11.8 Å². The Labute approximate surface area is 103 Å². The molecule has 0 aromatic heterocycles. The smallest absolute Gasteiger partial charge is 0.263 e. The maximum absolute atomic E-state index is 12.0. The Kier molecular flexibility index (Phi) is 3.01. The molecule has 0 saturated carbocycles. The standard InChI is InChI=1S/C12H10N2O4/c1-7(15)5-6-14-11(16)8-3-2-4-9(13-18)10(8)12(14)17/h2-4H,5-6H2,1H3. The number of carbonyl (C=O) groups excluding carboxylic acids is 3. The van der Waals surface area contributed by atoms with Gasteiger partial charge in [0.05, 0.1) is 11.1 Å². The van der Waals surface area contributed by atoms with Crippen LogP contribution in [-0.2, 0) is 4.79 Å². The minimum atomic E-state index is -0.563. The summed E-state index contributed by atoms with van der Waals surface area (Å²) in [5.74, 6) is -1.16. The Hall–Kier alpha value is -2.37. The number of nitrogens with zero attached hydrogens (tertiary/aromatic N) is 2. The van der Waals surface area contributed by atoms with E-state index in [9.17, 15) is 19.3 Å². The van der Waals surface area contributed by atoms with E-state index in [2.05, 4.69) is 5.18 Å². The molecular weight excluding hydrogens is 236 g/mol. The number of hydrogen-bond acceptors (Lipinski definition) is 5. The number of rotatable bonds is 4. The van der Waals surface area contributed by atoms with Crippen LogP contribution in [0.4, 0.5) is 5.69 Å². The van der Waals surface area contributed by atoms with Gasteiger partial charge in [-0.3, -0.25) is 19.3 Å². The molecule has 1 aromatic carbocycles. The van der Waals surface area contributed by atoms with Crippen LogP contribution in [0.25, 0.3) is 0 Å². The van der Waals surface area contributed by atoms with Gasteiger partial charge in [0.2, 0.25) is 0 Å². The minimum Gasteiger partial charge on any atom is -0.300 e. The van der Waals surface area contributed by atoms with Gasteiger partial charge in [0.15, 0.2) is 0 Å². The van der Waals surface area contributed by atoms with Gasteiger partial charge >= 0.3 is 0 Å². The molecule has 0 fully saturated rings. The number of carbonyl (C=O) groups is 3. The van der Waals surface area contributed by atoms with Crippen molar-refractivity contribution < 1.29 is 14.4 Å². The molecule has 18 heavy (non-hydrogen) atoms. The van der Waals surface area contributed by atoms with Crippen LogP contribution in [0.1, 0.15) is 34.1 Å². The first-order valence-corrected chi connectivity index (χ1v) is 5.38. The fourth-order valence-corrected chi connectivity index (χ4v) is 1.86. The van der Waals surface area contributed by atoms with Crippen molar-refractivity contribution in [2.24, 2.45) is 5.18 Å². The maximum Gasteiger partial charge on any atom is 0.263 e. The highest BCUT2D eigenvalue weighted by molar-refractivity contribution is 6.23. The molecule has 0 aliphatic carbocycles. The summed E-state index contributed by atoms with van der Waals surface area (Å²) in [6.45, 7) is 1.41. The van der Waals surface area contributed by atoms with Crippen molar-refractivity contribution in [3.63, 3.8) is 0 Å². The van der Waals surface area contributed by atoms with Gasteiger partial charge in [0, 0.05) is 13.0 Å². The third-order valence-electron chi connectivity index (χ3n) is 2.76. The molecule has 0 saturated heterocycles. The zero-order valence-corrected chi connectivity index (χ0v) is 9.67. The minimum absolute atomic E-state index is 0.0278. The maximum atomic E-state index is 12.0. The Balaban J connectivity index is 2.38. The van der Waals surface area contributed by atoms with Crippen molar-refractivity contribution >= 4 is 23.3 Å². The van der Waals surface area contributed by atoms with Crippen LogP contribution in [0.3, 0.4) is 0 Å². The Morgan fingerprint density at radius 1 is 1.28 bits per heavy atom. The first kappa shape index (κ1) is 12.1. The second-order valence-electron chi connectivity index (χ2n) is 4.00. The van der Waals surface area contributed by atoms with E-state index in [-0.39, 0.29) is 35.6 Å². The third-order valence-corrected chi connectivity index (χ3v) is 2.76. The highest BCUT2D eigenvalue weighted by Gasteiger charge is 2.37. The summed E-state index contributed by atoms with van der Waals surface area (Å²) < 4.78 is 0. The average molecular weight is 246 g/mol. The van der Waals surface area contributed by atoms with E-state index >= 15 is 0 Å². The molecule has 2 amide bonds. The van der Waals surface area contributed by atoms with E-state index in [1.54, 1.807) is 0 Å². The molecular formula is C12H10N2O4. The number of Topliss-reactive ketones (excluding diaryl/α,β-unsaturated/α-hetero) is 1. The molecule has 0 radical (unpaired) electrons. The zero-order chi connectivity index (χ0) is 13.3. The van der Waals surface area contributed by atoms with Crippen molar-refractivity contribution in [2.75, 3.05) is 6.54 Å². The van der Waals surface area contributed by atoms with Crippen LogP contribution in [0.5, 0.6) is 0 Å². The largest absolute Gasteiger partial charge is 0.300 e. The quantitative estimate of drug-likeness (QED) is 0.597. The first-order valence-electron chi connectivity index (χ1n) is 5.38. The van der Waals surface area contributed by atoms with Gasteiger partial charge < -0.3 is 0 Å². The summed E-state index contributed by atoms with van der Waals surface area (Å²) in [5, 5.41) is 2.74. The Bertz CT molecular complexity index is 565. The van der Waals surface area contributed by atoms with Crippen molar-refractivity contribution in [3.8, 4) is 0 Å². The van der Waals surface area contributed by atoms with Gasteiger partial charge in [-0.25, -0.2) is 0 Å². The van der Waals surface area contributed by atoms with E-state index < -0.39 is 11.8 Å². The highest BCUT2D eigenvalue weighted by atomic mass is 16.3. The fourth-order valence-electron chi connectivity index (χ4n) is 1.86. The average Bonchev–Trinajstić information content (AvgIpc) is 2.60. The van der Waals surface area contributed by atoms with E-state index in [1.807, 2.05) is 0 Å². The third kappa shape index (κ3) is 1.81. The van der Waals surface area contributed by atoms with Gasteiger partial charge in [-0.15, -0.1) is 4.91 Å². The van der Waals surface area contributed by atoms with Crippen LogP contribution in [0.2, 0.25) is 0 Å². The lowest BCUT2D eigenvalue weighted by Crippen LogP contribution is -2.31. The molecule has 0 bridgehead atoms. The van der Waals surface area contributed by atoms with E-state index in [4.69, 9.17) is 0 Å². The molecule has 6 nitrogen and oxygen atoms in total. The number of ketones is 1. The second kappa shape index (κ2) is 4.48. The lowest BCUT2D eigenvalue weighted by atomic mass is 10.1. The lowest BCUT2D eigenvalue weighted by molar-refractivity contribution is -0.117. The number of amides is 2. The molecule has 2 rings (SSSR count). The Morgan fingerprint density at radius 3 is 2.61 bits per heavy atom. The van der Waals surface area contributed by atoms with Gasteiger partial charge in [-0.2, -0.15) is 0 Å². The summed E-state index contributed by atoms with van der Waals surface area (Å²) in [6, 6.07) is 4.35. The molecule has 0 atom stereocenters. The predicted octanol–water partition coefficient (Wildman–Crippen LogP) is 1.66. The number of nitroso groups, excluding NO2 is 1. The zero-order valence-electron chi connectivity index (χ0n) is 9.67. The first-order chi connectivity index (χ1) is 8.56. The number of benzene rings is 1. The van der Waals surface area contributed by atoms with Gasteiger partial charge in [-0.1, -0.05) is 6.07 Å². The fraction of sp³-hybridized carbons (Fsp3) is 0.250. The molecule has 0 unspecified atom stereocenters. The van der Waals surface area contributed by atoms with Crippen molar-refractivity contribution in [2.45, 2.75) is 13.3 Å². The summed E-state index contributed by atoms with van der Waals surface area (Å²) in [7, 11) is 0. The molecule has 1 aliphatic heterocycles. The SMILES string of the molecule is CC(=O)CCN1C(=O)c2cccc(N=O)c2C1=O. The van der Waals surface area contributed by atoms with Gasteiger partial charge in [0.1, 0.15) is 11.5 Å². The summed E-state index contributed by atoms with van der Waals surface area (Å²) in [6.07, 6.45) is 0.106. The topological polar surface area (TPSA) is 83.9 Å². The monoisotopic (exact) mass is 246 g/mol. The predicted molar refractivity (Wildman–Crippen MR) is 62.6 cm³/mol. The van der Waals surface area contributed by atoms with Crippen LogP contribution >= 0.6 is 0 Å². The molecule has 6 heteroatoms. The molecule has 1 aromatic rings. The Morgan fingerprint density at radius 2 is 2.00 bits per heavy atom. The highest BCUT2D eigenvalue weighted by Crippen LogP contribution is 2.30. The summed E-state index contributed by atoms with van der Waals surface area (Å²) in [4.78, 5) is 46.4. The van der Waals surface area contributed by atoms with Crippen LogP contribution in [0.15, 0.2) is 23.4 Å². The molecule has 0 N–H and O–H groups in total.